The van der Waals surface area contributed by atoms with E-state index < -0.39 is 14.4 Å². The third kappa shape index (κ3) is 5.42. The molecule has 1 aromatic carbocycles. The highest BCUT2D eigenvalue weighted by atomic mass is 28.4. The Bertz CT molecular complexity index is 434. The number of benzene rings is 1. The maximum absolute atomic E-state index is 10.2. The van der Waals surface area contributed by atoms with Crippen molar-refractivity contribution in [3.8, 4) is 0 Å². The van der Waals surface area contributed by atoms with Crippen LogP contribution in [-0.4, -0.2) is 25.6 Å². The highest BCUT2D eigenvalue weighted by molar-refractivity contribution is 6.74. The number of aryl methyl sites for hydroxylation is 1. The molecule has 0 aliphatic rings. The normalized spacial score (nSPS) is 15.5. The molecule has 3 heteroatoms. The van der Waals surface area contributed by atoms with E-state index in [9.17, 15) is 5.11 Å². The molecule has 0 unspecified atom stereocenters. The van der Waals surface area contributed by atoms with Gasteiger partial charge in [-0.25, -0.2) is 0 Å². The van der Waals surface area contributed by atoms with Gasteiger partial charge >= 0.3 is 0 Å². The van der Waals surface area contributed by atoms with Gasteiger partial charge < -0.3 is 9.53 Å². The minimum absolute atomic E-state index is 0.138. The summed E-state index contributed by atoms with van der Waals surface area (Å²) < 4.78 is 6.39. The summed E-state index contributed by atoms with van der Waals surface area (Å²) in [5.74, 6) is 0. The first-order valence-electron chi connectivity index (χ1n) is 7.70. The van der Waals surface area contributed by atoms with Crippen molar-refractivity contribution in [3.05, 3.63) is 48.6 Å². The van der Waals surface area contributed by atoms with E-state index in [2.05, 4.69) is 52.6 Å². The molecule has 0 saturated heterocycles. The van der Waals surface area contributed by atoms with Crippen LogP contribution in [0.2, 0.25) is 18.1 Å². The summed E-state index contributed by atoms with van der Waals surface area (Å²) in [5.41, 5.74) is 1.28. The van der Waals surface area contributed by atoms with Crippen molar-refractivity contribution >= 4 is 8.32 Å². The molecular weight excluding hydrogens is 276 g/mol. The van der Waals surface area contributed by atoms with Crippen LogP contribution in [0.15, 0.2) is 43.0 Å². The minimum atomic E-state index is -1.89. The Balaban J connectivity index is 2.75. The molecule has 0 fully saturated rings. The van der Waals surface area contributed by atoms with Crippen molar-refractivity contribution in [3.63, 3.8) is 0 Å². The summed E-state index contributed by atoms with van der Waals surface area (Å²) >= 11 is 0. The van der Waals surface area contributed by atoms with Gasteiger partial charge in [0.2, 0.25) is 0 Å². The highest BCUT2D eigenvalue weighted by Gasteiger charge is 2.40. The lowest BCUT2D eigenvalue weighted by molar-refractivity contribution is 0.0516. The van der Waals surface area contributed by atoms with Crippen LogP contribution < -0.4 is 0 Å². The van der Waals surface area contributed by atoms with Gasteiger partial charge in [-0.15, -0.1) is 6.58 Å². The number of hydrogen-bond acceptors (Lipinski definition) is 2. The second kappa shape index (κ2) is 7.39. The monoisotopic (exact) mass is 306 g/mol. The average Bonchev–Trinajstić information content (AvgIpc) is 2.42. The Morgan fingerprint density at radius 2 is 1.81 bits per heavy atom. The standard InChI is InChI=1S/C18H30O2Si/c1-7-16(19)17(20-21(5,6)18(2,3)4)14-13-15-11-9-8-10-12-15/h7-12,16-17,19H,1,13-14H2,2-6H3/t16-,17-/m1/s1. The van der Waals surface area contributed by atoms with Crippen molar-refractivity contribution in [1.29, 1.82) is 0 Å². The maximum Gasteiger partial charge on any atom is 0.192 e. The smallest absolute Gasteiger partial charge is 0.192 e. The minimum Gasteiger partial charge on any atom is -0.411 e. The summed E-state index contributed by atoms with van der Waals surface area (Å²) in [7, 11) is -1.89. The zero-order valence-corrected chi connectivity index (χ0v) is 15.1. The number of hydrogen-bond donors (Lipinski definition) is 1. The molecular formula is C18H30O2Si. The third-order valence-corrected chi connectivity index (χ3v) is 8.94. The molecule has 2 atom stereocenters. The topological polar surface area (TPSA) is 29.5 Å². The fourth-order valence-electron chi connectivity index (χ4n) is 1.96. The van der Waals surface area contributed by atoms with Crippen LogP contribution in [-0.2, 0) is 10.8 Å². The Labute approximate surface area is 131 Å². The number of aliphatic hydroxyl groups excluding tert-OH is 1. The predicted octanol–water partition coefficient (Wildman–Crippen LogP) is 4.56. The van der Waals surface area contributed by atoms with E-state index in [1.54, 1.807) is 6.08 Å². The lowest BCUT2D eigenvalue weighted by atomic mass is 10.0. The third-order valence-electron chi connectivity index (χ3n) is 4.43. The molecule has 0 amide bonds. The van der Waals surface area contributed by atoms with Crippen LogP contribution in [0.1, 0.15) is 32.8 Å². The van der Waals surface area contributed by atoms with Crippen LogP contribution >= 0.6 is 0 Å². The summed E-state index contributed by atoms with van der Waals surface area (Å²) in [5, 5.41) is 10.3. The summed E-state index contributed by atoms with van der Waals surface area (Å²) in [4.78, 5) is 0. The maximum atomic E-state index is 10.2. The summed E-state index contributed by atoms with van der Waals surface area (Å²) in [6.07, 6.45) is 2.52. The molecule has 2 nitrogen and oxygen atoms in total. The quantitative estimate of drug-likeness (QED) is 0.591. The fraction of sp³-hybridized carbons (Fsp3) is 0.556. The van der Waals surface area contributed by atoms with Crippen molar-refractivity contribution in [2.45, 2.75) is 64.0 Å². The molecule has 0 spiro atoms. The highest BCUT2D eigenvalue weighted by Crippen LogP contribution is 2.38. The first kappa shape index (κ1) is 18.1. The molecule has 1 aromatic rings. The molecule has 1 N–H and O–H groups in total. The Morgan fingerprint density at radius 1 is 1.24 bits per heavy atom. The van der Waals surface area contributed by atoms with Gasteiger partial charge in [0.1, 0.15) is 0 Å². The molecule has 0 saturated carbocycles. The first-order chi connectivity index (χ1) is 9.67. The van der Waals surface area contributed by atoms with E-state index in [0.29, 0.717) is 0 Å². The van der Waals surface area contributed by atoms with E-state index in [-0.39, 0.29) is 11.1 Å². The Kier molecular flexibility index (Phi) is 6.38. The van der Waals surface area contributed by atoms with Gasteiger partial charge in [0, 0.05) is 0 Å². The van der Waals surface area contributed by atoms with Crippen LogP contribution in [0.4, 0.5) is 0 Å². The largest absolute Gasteiger partial charge is 0.411 e. The molecule has 0 bridgehead atoms. The predicted molar refractivity (Wildman–Crippen MR) is 93.0 cm³/mol. The van der Waals surface area contributed by atoms with E-state index in [4.69, 9.17) is 4.43 Å². The van der Waals surface area contributed by atoms with Gasteiger partial charge in [-0.1, -0.05) is 57.2 Å². The molecule has 118 valence electrons. The Hall–Kier alpha value is -0.903. The van der Waals surface area contributed by atoms with Gasteiger partial charge in [-0.2, -0.15) is 0 Å². The van der Waals surface area contributed by atoms with E-state index in [1.165, 1.54) is 5.56 Å². The SMILES string of the molecule is C=C[C@@H](O)[C@@H](CCc1ccccc1)O[Si](C)(C)C(C)(C)C. The molecule has 21 heavy (non-hydrogen) atoms. The summed E-state index contributed by atoms with van der Waals surface area (Å²) in [6, 6.07) is 10.3. The van der Waals surface area contributed by atoms with Crippen LogP contribution in [0.3, 0.4) is 0 Å². The summed E-state index contributed by atoms with van der Waals surface area (Å²) in [6.45, 7) is 14.8. The van der Waals surface area contributed by atoms with E-state index in [1.807, 2.05) is 18.2 Å². The number of aliphatic hydroxyl groups is 1. The van der Waals surface area contributed by atoms with Crippen LogP contribution in [0.25, 0.3) is 0 Å². The molecule has 0 aliphatic carbocycles. The van der Waals surface area contributed by atoms with E-state index >= 15 is 0 Å². The van der Waals surface area contributed by atoms with Crippen molar-refractivity contribution in [1.82, 2.24) is 0 Å². The second-order valence-electron chi connectivity index (χ2n) is 7.17. The van der Waals surface area contributed by atoms with Gasteiger partial charge in [-0.3, -0.25) is 0 Å². The fourth-order valence-corrected chi connectivity index (χ4v) is 3.33. The lowest BCUT2D eigenvalue weighted by Gasteiger charge is -2.40. The second-order valence-corrected chi connectivity index (χ2v) is 11.9. The number of rotatable bonds is 7. The first-order valence-corrected chi connectivity index (χ1v) is 10.6. The molecule has 0 heterocycles. The zero-order valence-electron chi connectivity index (χ0n) is 14.1. The van der Waals surface area contributed by atoms with Gasteiger partial charge in [-0.05, 0) is 36.5 Å². The molecule has 0 aliphatic heterocycles. The van der Waals surface area contributed by atoms with Crippen molar-refractivity contribution in [2.24, 2.45) is 0 Å². The molecule has 0 aromatic heterocycles. The van der Waals surface area contributed by atoms with Gasteiger partial charge in [0.05, 0.1) is 12.2 Å². The van der Waals surface area contributed by atoms with Crippen molar-refractivity contribution < 1.29 is 9.53 Å². The van der Waals surface area contributed by atoms with Gasteiger partial charge in [0.15, 0.2) is 8.32 Å². The average molecular weight is 307 g/mol. The van der Waals surface area contributed by atoms with Crippen LogP contribution in [0.5, 0.6) is 0 Å². The lowest BCUT2D eigenvalue weighted by Crippen LogP contribution is -2.46. The van der Waals surface area contributed by atoms with Crippen molar-refractivity contribution in [2.75, 3.05) is 0 Å². The Morgan fingerprint density at radius 3 is 2.29 bits per heavy atom. The van der Waals surface area contributed by atoms with E-state index in [0.717, 1.165) is 12.8 Å². The van der Waals surface area contributed by atoms with Crippen LogP contribution in [0, 0.1) is 0 Å². The zero-order chi connectivity index (χ0) is 16.1. The molecule has 1 rings (SSSR count). The molecule has 0 radical (unpaired) electrons. The van der Waals surface area contributed by atoms with Gasteiger partial charge in [0.25, 0.3) is 0 Å².